The minimum atomic E-state index is 0.384. The molecule has 1 N–H and O–H groups in total. The lowest BCUT2D eigenvalue weighted by Crippen LogP contribution is -2.64. The van der Waals surface area contributed by atoms with Gasteiger partial charge in [-0.1, -0.05) is 6.42 Å². The lowest BCUT2D eigenvalue weighted by Gasteiger charge is -2.61. The van der Waals surface area contributed by atoms with Gasteiger partial charge in [-0.05, 0) is 32.3 Å². The van der Waals surface area contributed by atoms with Gasteiger partial charge in [0.1, 0.15) is 0 Å². The molecule has 2 atom stereocenters. The highest BCUT2D eigenvalue weighted by molar-refractivity contribution is 5.68. The molecule has 2 fully saturated rings. The first-order valence-electron chi connectivity index (χ1n) is 7.67. The van der Waals surface area contributed by atoms with E-state index in [1.165, 1.54) is 24.9 Å². The molecule has 4 nitrogen and oxygen atoms in total. The molecule has 110 valence electrons. The fourth-order valence-corrected chi connectivity index (χ4v) is 3.72. The van der Waals surface area contributed by atoms with E-state index in [9.17, 15) is 0 Å². The second kappa shape index (κ2) is 5.24. The Labute approximate surface area is 121 Å². The summed E-state index contributed by atoms with van der Waals surface area (Å²) in [6, 6.07) is 2.60. The number of ether oxygens (including phenoxy) is 1. The molecular formula is C16H25N3O. The predicted molar refractivity (Wildman–Crippen MR) is 82.3 cm³/mol. The van der Waals surface area contributed by atoms with Crippen LogP contribution < -0.4 is 10.2 Å². The van der Waals surface area contributed by atoms with Crippen molar-refractivity contribution in [1.29, 1.82) is 0 Å². The topological polar surface area (TPSA) is 37.4 Å². The zero-order chi connectivity index (χ0) is 14.2. The van der Waals surface area contributed by atoms with Gasteiger partial charge in [0.15, 0.2) is 0 Å². The summed E-state index contributed by atoms with van der Waals surface area (Å²) in [6.07, 6.45) is 9.31. The first-order valence-corrected chi connectivity index (χ1v) is 7.67. The highest BCUT2D eigenvalue weighted by Crippen LogP contribution is 2.58. The average molecular weight is 275 g/mol. The van der Waals surface area contributed by atoms with E-state index >= 15 is 0 Å². The smallest absolute Gasteiger partial charge is 0.0766 e. The number of anilines is 2. The van der Waals surface area contributed by atoms with Gasteiger partial charge in [0.2, 0.25) is 0 Å². The Morgan fingerprint density at radius 3 is 2.85 bits per heavy atom. The summed E-state index contributed by atoms with van der Waals surface area (Å²) in [7, 11) is 4.15. The molecule has 2 aliphatic carbocycles. The van der Waals surface area contributed by atoms with Gasteiger partial charge in [0, 0.05) is 38.4 Å². The number of pyridine rings is 1. The number of nitrogens with zero attached hydrogens (tertiary/aromatic N) is 2. The van der Waals surface area contributed by atoms with Crippen molar-refractivity contribution in [2.24, 2.45) is 5.41 Å². The highest BCUT2D eigenvalue weighted by atomic mass is 16.5. The number of aromatic nitrogens is 1. The molecular weight excluding hydrogens is 250 g/mol. The van der Waals surface area contributed by atoms with Crippen LogP contribution in [0.2, 0.25) is 0 Å². The van der Waals surface area contributed by atoms with Gasteiger partial charge in [0.05, 0.1) is 23.7 Å². The number of rotatable bonds is 5. The molecule has 4 heteroatoms. The van der Waals surface area contributed by atoms with E-state index in [0.717, 1.165) is 18.7 Å². The quantitative estimate of drug-likeness (QED) is 0.896. The van der Waals surface area contributed by atoms with Crippen LogP contribution in [0.4, 0.5) is 11.4 Å². The standard InChI is InChI=1S/C16H25N3O/c1-4-20-15-10-14(16(15)7-5-8-16)18-12-11-17-9-6-13(12)19(2)3/h6,9,11,14-15,18H,4-5,7-8,10H2,1-3H3. The van der Waals surface area contributed by atoms with Crippen LogP contribution in [0.25, 0.3) is 0 Å². The van der Waals surface area contributed by atoms with E-state index in [1.807, 2.05) is 12.4 Å². The predicted octanol–water partition coefficient (Wildman–Crippen LogP) is 2.91. The number of hydrogen-bond acceptors (Lipinski definition) is 4. The molecule has 1 aromatic heterocycles. The van der Waals surface area contributed by atoms with Gasteiger partial charge in [-0.3, -0.25) is 4.98 Å². The first-order chi connectivity index (χ1) is 9.67. The molecule has 1 heterocycles. The summed E-state index contributed by atoms with van der Waals surface area (Å²) < 4.78 is 5.92. The maximum atomic E-state index is 5.92. The van der Waals surface area contributed by atoms with Crippen LogP contribution in [-0.4, -0.2) is 37.8 Å². The maximum Gasteiger partial charge on any atom is 0.0766 e. The average Bonchev–Trinajstić information content (AvgIpc) is 2.35. The van der Waals surface area contributed by atoms with Crippen LogP contribution in [0.15, 0.2) is 18.5 Å². The Bertz CT molecular complexity index is 471. The highest BCUT2D eigenvalue weighted by Gasteiger charge is 2.59. The van der Waals surface area contributed by atoms with E-state index in [0.29, 0.717) is 17.6 Å². The monoisotopic (exact) mass is 275 g/mol. The van der Waals surface area contributed by atoms with Crippen molar-refractivity contribution in [1.82, 2.24) is 4.98 Å². The second-order valence-corrected chi connectivity index (χ2v) is 6.25. The SMILES string of the molecule is CCOC1CC(Nc2cnccc2N(C)C)C12CCC2. The van der Waals surface area contributed by atoms with Crippen LogP contribution in [-0.2, 0) is 4.74 Å². The van der Waals surface area contributed by atoms with Crippen molar-refractivity contribution in [3.8, 4) is 0 Å². The zero-order valence-electron chi connectivity index (χ0n) is 12.7. The third kappa shape index (κ3) is 2.06. The molecule has 20 heavy (non-hydrogen) atoms. The minimum Gasteiger partial charge on any atom is -0.379 e. The van der Waals surface area contributed by atoms with Crippen molar-refractivity contribution >= 4 is 11.4 Å². The molecule has 0 radical (unpaired) electrons. The van der Waals surface area contributed by atoms with Gasteiger partial charge in [-0.25, -0.2) is 0 Å². The maximum absolute atomic E-state index is 5.92. The molecule has 0 aromatic carbocycles. The van der Waals surface area contributed by atoms with Gasteiger partial charge < -0.3 is 15.0 Å². The largest absolute Gasteiger partial charge is 0.379 e. The normalized spacial score (nSPS) is 26.8. The Balaban J connectivity index is 1.73. The van der Waals surface area contributed by atoms with E-state index in [-0.39, 0.29) is 0 Å². The van der Waals surface area contributed by atoms with Crippen LogP contribution in [0, 0.1) is 5.41 Å². The molecule has 2 aliphatic rings. The molecule has 3 rings (SSSR count). The molecule has 1 spiro atoms. The Kier molecular flexibility index (Phi) is 3.59. The minimum absolute atomic E-state index is 0.384. The second-order valence-electron chi connectivity index (χ2n) is 6.25. The number of nitrogens with one attached hydrogen (secondary N) is 1. The van der Waals surface area contributed by atoms with Crippen LogP contribution >= 0.6 is 0 Å². The summed E-state index contributed by atoms with van der Waals surface area (Å²) in [5, 5.41) is 3.73. The summed E-state index contributed by atoms with van der Waals surface area (Å²) in [5.41, 5.74) is 2.73. The third-order valence-corrected chi connectivity index (χ3v) is 5.05. The van der Waals surface area contributed by atoms with E-state index < -0.39 is 0 Å². The first kappa shape index (κ1) is 13.7. The summed E-state index contributed by atoms with van der Waals surface area (Å²) in [6.45, 7) is 2.92. The van der Waals surface area contributed by atoms with Gasteiger partial charge in [-0.15, -0.1) is 0 Å². The molecule has 0 bridgehead atoms. The van der Waals surface area contributed by atoms with E-state index in [2.05, 4.69) is 42.3 Å². The summed E-state index contributed by atoms with van der Waals surface area (Å²) in [5.74, 6) is 0. The number of hydrogen-bond donors (Lipinski definition) is 1. The van der Waals surface area contributed by atoms with E-state index in [1.54, 1.807) is 0 Å². The van der Waals surface area contributed by atoms with Crippen LogP contribution in [0.3, 0.4) is 0 Å². The van der Waals surface area contributed by atoms with Gasteiger partial charge >= 0.3 is 0 Å². The van der Waals surface area contributed by atoms with Crippen molar-refractivity contribution in [2.75, 3.05) is 30.9 Å². The molecule has 1 aromatic rings. The van der Waals surface area contributed by atoms with Crippen molar-refractivity contribution < 1.29 is 4.74 Å². The van der Waals surface area contributed by atoms with Crippen LogP contribution in [0.1, 0.15) is 32.6 Å². The lowest BCUT2D eigenvalue weighted by molar-refractivity contribution is -0.157. The molecule has 0 saturated heterocycles. The van der Waals surface area contributed by atoms with Crippen molar-refractivity contribution in [2.45, 2.75) is 44.8 Å². The zero-order valence-corrected chi connectivity index (χ0v) is 12.7. The van der Waals surface area contributed by atoms with Crippen LogP contribution in [0.5, 0.6) is 0 Å². The molecule has 0 aliphatic heterocycles. The molecule has 2 unspecified atom stereocenters. The lowest BCUT2D eigenvalue weighted by atomic mass is 9.51. The molecule has 0 amide bonds. The van der Waals surface area contributed by atoms with Crippen molar-refractivity contribution in [3.05, 3.63) is 18.5 Å². The Morgan fingerprint density at radius 2 is 2.25 bits per heavy atom. The fourth-order valence-electron chi connectivity index (χ4n) is 3.72. The van der Waals surface area contributed by atoms with Gasteiger partial charge in [-0.2, -0.15) is 0 Å². The molecule has 2 saturated carbocycles. The Hall–Kier alpha value is -1.29. The summed E-state index contributed by atoms with van der Waals surface area (Å²) in [4.78, 5) is 6.40. The van der Waals surface area contributed by atoms with Gasteiger partial charge in [0.25, 0.3) is 0 Å². The van der Waals surface area contributed by atoms with E-state index in [4.69, 9.17) is 4.74 Å². The Morgan fingerprint density at radius 1 is 1.45 bits per heavy atom. The van der Waals surface area contributed by atoms with Crippen molar-refractivity contribution in [3.63, 3.8) is 0 Å². The summed E-state index contributed by atoms with van der Waals surface area (Å²) >= 11 is 0. The third-order valence-electron chi connectivity index (χ3n) is 5.05. The fraction of sp³-hybridized carbons (Fsp3) is 0.688.